The molecule has 3 N–H and O–H groups in total. The molecule has 1 aromatic rings. The van der Waals surface area contributed by atoms with Gasteiger partial charge in [0.05, 0.1) is 17.3 Å². The fourth-order valence-electron chi connectivity index (χ4n) is 1.34. The summed E-state index contributed by atoms with van der Waals surface area (Å²) in [5, 5.41) is 8.82. The highest BCUT2D eigenvalue weighted by Crippen LogP contribution is 2.31. The maximum Gasteiger partial charge on any atom is 0.307 e. The van der Waals surface area contributed by atoms with E-state index >= 15 is 0 Å². The van der Waals surface area contributed by atoms with Crippen LogP contribution < -0.4 is 5.73 Å². The zero-order chi connectivity index (χ0) is 13.0. The average molecular weight is 254 g/mol. The number of hydrogen-bond acceptors (Lipinski definition) is 4. The minimum absolute atomic E-state index is 0.271. The lowest BCUT2D eigenvalue weighted by Crippen LogP contribution is -2.12. The normalized spacial score (nSPS) is 12.7. The third-order valence-electron chi connectivity index (χ3n) is 2.44. The molecule has 94 valence electrons. The summed E-state index contributed by atoms with van der Waals surface area (Å²) in [6, 6.07) is 1.83. The number of thioether (sulfide) groups is 1. The Morgan fingerprint density at radius 1 is 1.53 bits per heavy atom. The molecular formula is C12H18N2O2S. The van der Waals surface area contributed by atoms with E-state index in [1.165, 1.54) is 11.8 Å². The Morgan fingerprint density at radius 3 is 2.71 bits per heavy atom. The van der Waals surface area contributed by atoms with Crippen molar-refractivity contribution in [2.45, 2.75) is 31.6 Å². The molecule has 1 aromatic heterocycles. The van der Waals surface area contributed by atoms with Crippen molar-refractivity contribution in [3.63, 3.8) is 0 Å². The van der Waals surface area contributed by atoms with Crippen molar-refractivity contribution in [3.05, 3.63) is 18.0 Å². The van der Waals surface area contributed by atoms with E-state index in [0.29, 0.717) is 11.4 Å². The largest absolute Gasteiger partial charge is 0.481 e. The molecule has 1 rings (SSSR count). The first-order valence-electron chi connectivity index (χ1n) is 5.53. The van der Waals surface area contributed by atoms with Crippen molar-refractivity contribution in [1.29, 1.82) is 0 Å². The van der Waals surface area contributed by atoms with Gasteiger partial charge in [-0.3, -0.25) is 9.78 Å². The highest BCUT2D eigenvalue weighted by molar-refractivity contribution is 7.99. The molecule has 0 radical (unpaired) electrons. The van der Waals surface area contributed by atoms with E-state index in [1.807, 2.05) is 19.9 Å². The van der Waals surface area contributed by atoms with Crippen LogP contribution >= 0.6 is 11.8 Å². The van der Waals surface area contributed by atoms with Crippen LogP contribution in [0.1, 0.15) is 32.4 Å². The fourth-order valence-corrected chi connectivity index (χ4v) is 2.33. The molecule has 0 bridgehead atoms. The van der Waals surface area contributed by atoms with Crippen molar-refractivity contribution in [2.75, 3.05) is 11.5 Å². The zero-order valence-corrected chi connectivity index (χ0v) is 11.1. The van der Waals surface area contributed by atoms with Crippen molar-refractivity contribution < 1.29 is 9.90 Å². The molecule has 0 spiro atoms. The van der Waals surface area contributed by atoms with Gasteiger partial charge in [0, 0.05) is 16.8 Å². The van der Waals surface area contributed by atoms with Gasteiger partial charge in [0.2, 0.25) is 0 Å². The van der Waals surface area contributed by atoms with E-state index in [9.17, 15) is 4.79 Å². The lowest BCUT2D eigenvalue weighted by molar-refractivity contribution is -0.140. The van der Waals surface area contributed by atoms with E-state index in [0.717, 1.165) is 10.6 Å². The maximum atomic E-state index is 10.7. The van der Waals surface area contributed by atoms with Gasteiger partial charge in [0.1, 0.15) is 0 Å². The standard InChI is InChI=1S/C12H18N2O2S/c1-7(2)11-10(13)9(4-5-14-11)17-6-8(3)12(15)16/h4-5,7-8H,6,13H2,1-3H3,(H,15,16). The van der Waals surface area contributed by atoms with E-state index in [1.54, 1.807) is 13.1 Å². The first-order chi connectivity index (χ1) is 7.93. The summed E-state index contributed by atoms with van der Waals surface area (Å²) in [5.74, 6) is -0.377. The smallest absolute Gasteiger partial charge is 0.307 e. The van der Waals surface area contributed by atoms with Crippen LogP contribution in [0.2, 0.25) is 0 Å². The third kappa shape index (κ3) is 3.63. The molecule has 0 aliphatic carbocycles. The maximum absolute atomic E-state index is 10.7. The van der Waals surface area contributed by atoms with E-state index < -0.39 is 5.97 Å². The van der Waals surface area contributed by atoms with Crippen LogP contribution in [-0.2, 0) is 4.79 Å². The molecule has 0 amide bonds. The molecule has 17 heavy (non-hydrogen) atoms. The second-order valence-electron chi connectivity index (χ2n) is 4.31. The Morgan fingerprint density at radius 2 is 2.18 bits per heavy atom. The van der Waals surface area contributed by atoms with Crippen LogP contribution in [0.3, 0.4) is 0 Å². The van der Waals surface area contributed by atoms with Gasteiger partial charge < -0.3 is 10.8 Å². The van der Waals surface area contributed by atoms with Gasteiger partial charge in [-0.2, -0.15) is 0 Å². The number of carbonyl (C=O) groups is 1. The van der Waals surface area contributed by atoms with Gasteiger partial charge in [-0.1, -0.05) is 20.8 Å². The number of anilines is 1. The topological polar surface area (TPSA) is 76.2 Å². The molecule has 1 atom stereocenters. The van der Waals surface area contributed by atoms with E-state index in [2.05, 4.69) is 4.98 Å². The van der Waals surface area contributed by atoms with Crippen molar-refractivity contribution >= 4 is 23.4 Å². The number of nitrogens with zero attached hydrogens (tertiary/aromatic N) is 1. The molecule has 4 nitrogen and oxygen atoms in total. The van der Waals surface area contributed by atoms with Crippen molar-refractivity contribution in [3.8, 4) is 0 Å². The third-order valence-corrected chi connectivity index (χ3v) is 3.77. The highest BCUT2D eigenvalue weighted by Gasteiger charge is 2.14. The van der Waals surface area contributed by atoms with Crippen LogP contribution in [0.4, 0.5) is 5.69 Å². The summed E-state index contributed by atoms with van der Waals surface area (Å²) in [4.78, 5) is 15.9. The number of aliphatic carboxylic acids is 1. The first kappa shape index (κ1) is 13.8. The van der Waals surface area contributed by atoms with Crippen LogP contribution in [-0.4, -0.2) is 21.8 Å². The monoisotopic (exact) mass is 254 g/mol. The van der Waals surface area contributed by atoms with Gasteiger partial charge in [-0.05, 0) is 12.0 Å². The predicted molar refractivity (Wildman–Crippen MR) is 70.3 cm³/mol. The van der Waals surface area contributed by atoms with Gasteiger partial charge in [-0.25, -0.2) is 0 Å². The highest BCUT2D eigenvalue weighted by atomic mass is 32.2. The number of aromatic nitrogens is 1. The number of carboxylic acid groups (broad SMARTS) is 1. The number of nitrogen functional groups attached to an aromatic ring is 1. The predicted octanol–water partition coefficient (Wildman–Crippen LogP) is 2.60. The number of pyridine rings is 1. The van der Waals surface area contributed by atoms with Crippen LogP contribution in [0.25, 0.3) is 0 Å². The SMILES string of the molecule is CC(CSc1ccnc(C(C)C)c1N)C(=O)O. The Bertz CT molecular complexity index is 407. The van der Waals surface area contributed by atoms with E-state index in [4.69, 9.17) is 10.8 Å². The molecule has 1 unspecified atom stereocenters. The summed E-state index contributed by atoms with van der Waals surface area (Å²) in [6.07, 6.45) is 1.72. The fraction of sp³-hybridized carbons (Fsp3) is 0.500. The second-order valence-corrected chi connectivity index (χ2v) is 5.37. The minimum atomic E-state index is -0.783. The molecule has 0 aromatic carbocycles. The summed E-state index contributed by atoms with van der Waals surface area (Å²) in [6.45, 7) is 5.76. The second kappa shape index (κ2) is 5.91. The number of hydrogen-bond donors (Lipinski definition) is 2. The number of rotatable bonds is 5. The van der Waals surface area contributed by atoms with Gasteiger partial charge in [-0.15, -0.1) is 11.8 Å². The average Bonchev–Trinajstić information content (AvgIpc) is 2.26. The summed E-state index contributed by atoms with van der Waals surface area (Å²) < 4.78 is 0. The number of nitrogens with two attached hydrogens (primary N) is 1. The molecule has 1 heterocycles. The Hall–Kier alpha value is -1.23. The van der Waals surface area contributed by atoms with Crippen LogP contribution in [0.5, 0.6) is 0 Å². The first-order valence-corrected chi connectivity index (χ1v) is 6.52. The molecule has 5 heteroatoms. The number of carboxylic acids is 1. The molecular weight excluding hydrogens is 236 g/mol. The summed E-state index contributed by atoms with van der Waals surface area (Å²) in [5.41, 5.74) is 7.56. The zero-order valence-electron chi connectivity index (χ0n) is 10.3. The van der Waals surface area contributed by atoms with Gasteiger partial charge in [0.25, 0.3) is 0 Å². The quantitative estimate of drug-likeness (QED) is 0.790. The van der Waals surface area contributed by atoms with Crippen LogP contribution in [0.15, 0.2) is 17.2 Å². The summed E-state index contributed by atoms with van der Waals surface area (Å²) >= 11 is 1.47. The Kier molecular flexibility index (Phi) is 4.81. The Labute approximate surface area is 106 Å². The van der Waals surface area contributed by atoms with Crippen molar-refractivity contribution in [2.24, 2.45) is 5.92 Å². The molecule has 0 saturated heterocycles. The van der Waals surface area contributed by atoms with E-state index in [-0.39, 0.29) is 11.8 Å². The van der Waals surface area contributed by atoms with Gasteiger partial charge >= 0.3 is 5.97 Å². The minimum Gasteiger partial charge on any atom is -0.481 e. The van der Waals surface area contributed by atoms with Crippen molar-refractivity contribution in [1.82, 2.24) is 4.98 Å². The lowest BCUT2D eigenvalue weighted by Gasteiger charge is -2.12. The Balaban J connectivity index is 2.78. The molecule has 0 fully saturated rings. The summed E-state index contributed by atoms with van der Waals surface area (Å²) in [7, 11) is 0. The lowest BCUT2D eigenvalue weighted by atomic mass is 10.1. The van der Waals surface area contributed by atoms with Crippen LogP contribution in [0, 0.1) is 5.92 Å². The van der Waals surface area contributed by atoms with Gasteiger partial charge in [0.15, 0.2) is 0 Å². The molecule has 0 aliphatic heterocycles. The molecule has 0 aliphatic rings. The molecule has 0 saturated carbocycles.